The number of nitrogens with two attached hydrogens (primary N) is 1. The van der Waals surface area contributed by atoms with Crippen molar-refractivity contribution in [2.45, 2.75) is 39.0 Å². The van der Waals surface area contributed by atoms with E-state index in [1.54, 1.807) is 0 Å². The molecule has 1 aliphatic rings. The summed E-state index contributed by atoms with van der Waals surface area (Å²) in [4.78, 5) is 4.30. The lowest BCUT2D eigenvalue weighted by Crippen LogP contribution is -2.08. The Bertz CT molecular complexity index is 277. The number of aliphatic imine (C=N–C) groups is 1. The van der Waals surface area contributed by atoms with E-state index >= 15 is 0 Å². The number of nitrogens with zero attached hydrogens (tertiary/aromatic N) is 1. The van der Waals surface area contributed by atoms with E-state index in [9.17, 15) is 0 Å². The highest BCUT2D eigenvalue weighted by Gasteiger charge is 2.10. The number of hydrogen-bond donors (Lipinski definition) is 2. The standard InChI is InChI=1S/C10H17N.C5H12N2/c1-3-6-9-7-4-5-8-10(9)11-2;1-7-5-3-2-4-6/h6H,3-5,7-8H2,1-2H3;2-3,7H,4-6H2,1H3/b9-6-,11-10?;3-2+. The lowest BCUT2D eigenvalue weighted by atomic mass is 9.92. The topological polar surface area (TPSA) is 50.4 Å². The molecule has 0 aliphatic heterocycles. The number of allylic oxidation sites excluding steroid dienone is 2. The molecule has 3 N–H and O–H groups in total. The minimum atomic E-state index is 0.641. The molecule has 1 aliphatic carbocycles. The summed E-state index contributed by atoms with van der Waals surface area (Å²) in [5.74, 6) is 0. The molecule has 0 aromatic carbocycles. The molecular formula is C15H29N3. The number of hydrogen-bond acceptors (Lipinski definition) is 3. The van der Waals surface area contributed by atoms with Gasteiger partial charge in [0.05, 0.1) is 0 Å². The van der Waals surface area contributed by atoms with Crippen molar-refractivity contribution in [2.24, 2.45) is 10.7 Å². The number of likely N-dealkylation sites (N-methyl/N-ethyl adjacent to an activating group) is 1. The third kappa shape index (κ3) is 8.20. The van der Waals surface area contributed by atoms with Gasteiger partial charge in [-0.15, -0.1) is 0 Å². The summed E-state index contributed by atoms with van der Waals surface area (Å²) in [7, 11) is 3.81. The van der Waals surface area contributed by atoms with Crippen LogP contribution in [0.1, 0.15) is 39.0 Å². The van der Waals surface area contributed by atoms with E-state index in [-0.39, 0.29) is 0 Å². The third-order valence-corrected chi connectivity index (χ3v) is 2.83. The average molecular weight is 251 g/mol. The van der Waals surface area contributed by atoms with Crippen molar-refractivity contribution in [3.05, 3.63) is 23.8 Å². The molecule has 0 amide bonds. The zero-order chi connectivity index (χ0) is 13.6. The number of nitrogens with one attached hydrogen (secondary N) is 1. The number of rotatable bonds is 4. The van der Waals surface area contributed by atoms with Crippen LogP contribution in [0.2, 0.25) is 0 Å². The van der Waals surface area contributed by atoms with E-state index in [1.807, 2.05) is 26.2 Å². The fraction of sp³-hybridized carbons (Fsp3) is 0.667. The van der Waals surface area contributed by atoms with Crippen molar-refractivity contribution in [2.75, 3.05) is 27.2 Å². The monoisotopic (exact) mass is 251 g/mol. The van der Waals surface area contributed by atoms with Gasteiger partial charge >= 0.3 is 0 Å². The first-order chi connectivity index (χ1) is 8.79. The van der Waals surface area contributed by atoms with E-state index in [4.69, 9.17) is 5.73 Å². The highest BCUT2D eigenvalue weighted by molar-refractivity contribution is 6.00. The van der Waals surface area contributed by atoms with Gasteiger partial charge in [-0.25, -0.2) is 0 Å². The minimum Gasteiger partial charge on any atom is -0.327 e. The lowest BCUT2D eigenvalue weighted by Gasteiger charge is -2.15. The van der Waals surface area contributed by atoms with Gasteiger partial charge in [0.15, 0.2) is 0 Å². The van der Waals surface area contributed by atoms with Gasteiger partial charge in [0.1, 0.15) is 0 Å². The Morgan fingerprint density at radius 1 is 1.28 bits per heavy atom. The van der Waals surface area contributed by atoms with Crippen LogP contribution in [0.4, 0.5) is 0 Å². The zero-order valence-corrected chi connectivity index (χ0v) is 12.2. The predicted octanol–water partition coefficient (Wildman–Crippen LogP) is 2.69. The Balaban J connectivity index is 0.000000360. The van der Waals surface area contributed by atoms with Crippen LogP contribution >= 0.6 is 0 Å². The maximum atomic E-state index is 5.15. The van der Waals surface area contributed by atoms with Gasteiger partial charge in [-0.05, 0) is 44.7 Å². The van der Waals surface area contributed by atoms with E-state index in [2.05, 4.69) is 23.3 Å². The molecule has 0 aromatic heterocycles. The first-order valence-electron chi connectivity index (χ1n) is 6.94. The summed E-state index contributed by atoms with van der Waals surface area (Å²) in [6.45, 7) is 3.74. The van der Waals surface area contributed by atoms with Gasteiger partial charge in [0, 0.05) is 25.8 Å². The van der Waals surface area contributed by atoms with Crippen molar-refractivity contribution >= 4 is 5.71 Å². The third-order valence-electron chi connectivity index (χ3n) is 2.83. The maximum Gasteiger partial charge on any atom is 0.0373 e. The van der Waals surface area contributed by atoms with Crippen molar-refractivity contribution < 1.29 is 0 Å². The fourth-order valence-electron chi connectivity index (χ4n) is 1.93. The molecule has 0 spiro atoms. The normalized spacial score (nSPS) is 20.2. The first kappa shape index (κ1) is 17.1. The molecule has 0 atom stereocenters. The zero-order valence-electron chi connectivity index (χ0n) is 12.2. The van der Waals surface area contributed by atoms with Crippen molar-refractivity contribution in [3.8, 4) is 0 Å². The van der Waals surface area contributed by atoms with Gasteiger partial charge < -0.3 is 11.1 Å². The van der Waals surface area contributed by atoms with E-state index in [0.29, 0.717) is 6.54 Å². The molecule has 3 heteroatoms. The fourth-order valence-corrected chi connectivity index (χ4v) is 1.93. The van der Waals surface area contributed by atoms with Crippen LogP contribution in [0, 0.1) is 0 Å². The molecule has 104 valence electrons. The smallest absolute Gasteiger partial charge is 0.0373 e. The minimum absolute atomic E-state index is 0.641. The molecule has 1 saturated carbocycles. The summed E-state index contributed by atoms with van der Waals surface area (Å²) >= 11 is 0. The molecule has 0 radical (unpaired) electrons. The predicted molar refractivity (Wildman–Crippen MR) is 82.3 cm³/mol. The van der Waals surface area contributed by atoms with Crippen LogP contribution in [-0.2, 0) is 0 Å². The Kier molecular flexibility index (Phi) is 11.9. The lowest BCUT2D eigenvalue weighted by molar-refractivity contribution is 0.729. The van der Waals surface area contributed by atoms with Gasteiger partial charge in [0.25, 0.3) is 0 Å². The van der Waals surface area contributed by atoms with E-state index in [1.165, 1.54) is 37.0 Å². The first-order valence-corrected chi connectivity index (χ1v) is 6.94. The average Bonchev–Trinajstić information content (AvgIpc) is 2.41. The summed E-state index contributed by atoms with van der Waals surface area (Å²) < 4.78 is 0. The SMILES string of the molecule is CC/C=C1/CCCCC1=NC.CNC/C=C/CN. The van der Waals surface area contributed by atoms with Gasteiger partial charge in [-0.1, -0.05) is 25.2 Å². The molecule has 1 rings (SSSR count). The molecule has 18 heavy (non-hydrogen) atoms. The van der Waals surface area contributed by atoms with Gasteiger partial charge in [-0.2, -0.15) is 0 Å². The summed E-state index contributed by atoms with van der Waals surface area (Å²) in [6, 6.07) is 0. The molecule has 0 bridgehead atoms. The Morgan fingerprint density at radius 2 is 2.00 bits per heavy atom. The molecule has 1 fully saturated rings. The maximum absolute atomic E-state index is 5.15. The second-order valence-electron chi connectivity index (χ2n) is 4.28. The van der Waals surface area contributed by atoms with Crippen molar-refractivity contribution in [3.63, 3.8) is 0 Å². The van der Waals surface area contributed by atoms with Crippen molar-refractivity contribution in [1.82, 2.24) is 5.32 Å². The van der Waals surface area contributed by atoms with Crippen molar-refractivity contribution in [1.29, 1.82) is 0 Å². The largest absolute Gasteiger partial charge is 0.327 e. The Hall–Kier alpha value is -0.930. The van der Waals surface area contributed by atoms with Gasteiger partial charge in [0.2, 0.25) is 0 Å². The second kappa shape index (κ2) is 12.5. The molecule has 0 unspecified atom stereocenters. The van der Waals surface area contributed by atoms with Crippen LogP contribution < -0.4 is 11.1 Å². The molecule has 0 heterocycles. The van der Waals surface area contributed by atoms with Crippen LogP contribution in [0.15, 0.2) is 28.8 Å². The molecule has 0 aromatic rings. The molecular weight excluding hydrogens is 222 g/mol. The second-order valence-corrected chi connectivity index (χ2v) is 4.28. The molecule has 3 nitrogen and oxygen atoms in total. The molecule has 0 saturated heterocycles. The highest BCUT2D eigenvalue weighted by Crippen LogP contribution is 2.21. The van der Waals surface area contributed by atoms with Crippen LogP contribution in [0.5, 0.6) is 0 Å². The van der Waals surface area contributed by atoms with Crippen LogP contribution in [-0.4, -0.2) is 32.9 Å². The summed E-state index contributed by atoms with van der Waals surface area (Å²) in [5.41, 5.74) is 8.00. The van der Waals surface area contributed by atoms with Crippen LogP contribution in [0.25, 0.3) is 0 Å². The summed E-state index contributed by atoms with van der Waals surface area (Å²) in [6.07, 6.45) is 12.5. The van der Waals surface area contributed by atoms with E-state index < -0.39 is 0 Å². The van der Waals surface area contributed by atoms with E-state index in [0.717, 1.165) is 13.0 Å². The quantitative estimate of drug-likeness (QED) is 0.755. The van der Waals surface area contributed by atoms with Gasteiger partial charge in [-0.3, -0.25) is 4.99 Å². The van der Waals surface area contributed by atoms with Crippen LogP contribution in [0.3, 0.4) is 0 Å². The Labute approximate surface area is 112 Å². The Morgan fingerprint density at radius 3 is 2.56 bits per heavy atom. The highest BCUT2D eigenvalue weighted by atomic mass is 14.8. The summed E-state index contributed by atoms with van der Waals surface area (Å²) in [5, 5.41) is 2.96.